The Morgan fingerprint density at radius 1 is 1.23 bits per heavy atom. The smallest absolute Gasteiger partial charge is 0.274 e. The van der Waals surface area contributed by atoms with E-state index in [0.717, 1.165) is 5.56 Å². The zero-order chi connectivity index (χ0) is 18.3. The molecule has 1 aromatic carbocycles. The van der Waals surface area contributed by atoms with Crippen LogP contribution in [0.2, 0.25) is 0 Å². The molecule has 7 heteroatoms. The van der Waals surface area contributed by atoms with Crippen LogP contribution < -0.4 is 5.49 Å². The molecular formula is C19H17FN4O2. The van der Waals surface area contributed by atoms with Crippen LogP contribution in [0, 0.1) is 5.82 Å². The van der Waals surface area contributed by atoms with Gasteiger partial charge in [-0.1, -0.05) is 12.1 Å². The van der Waals surface area contributed by atoms with Crippen LogP contribution in [0.5, 0.6) is 5.75 Å². The van der Waals surface area contributed by atoms with Crippen LogP contribution in [0.4, 0.5) is 4.39 Å². The van der Waals surface area contributed by atoms with Gasteiger partial charge < -0.3 is 14.6 Å². The molecule has 0 saturated heterocycles. The van der Waals surface area contributed by atoms with Crippen molar-refractivity contribution in [1.82, 2.24) is 14.5 Å². The molecule has 26 heavy (non-hydrogen) atoms. The largest absolute Gasteiger partial charge is 0.504 e. The Kier molecular flexibility index (Phi) is 3.91. The van der Waals surface area contributed by atoms with E-state index in [-0.39, 0.29) is 23.2 Å². The Bertz CT molecular complexity index is 1070. The number of aromatic hydroxyl groups is 1. The quantitative estimate of drug-likeness (QED) is 0.767. The maximum absolute atomic E-state index is 13.1. The summed E-state index contributed by atoms with van der Waals surface area (Å²) >= 11 is 0. The van der Waals surface area contributed by atoms with Gasteiger partial charge in [-0.15, -0.1) is 0 Å². The van der Waals surface area contributed by atoms with E-state index in [1.165, 1.54) is 12.1 Å². The average Bonchev–Trinajstić information content (AvgIpc) is 2.66. The van der Waals surface area contributed by atoms with Gasteiger partial charge in [0.2, 0.25) is 0 Å². The van der Waals surface area contributed by atoms with Gasteiger partial charge in [-0.3, -0.25) is 14.8 Å². The Balaban J connectivity index is 1.81. The van der Waals surface area contributed by atoms with Crippen molar-refractivity contribution in [2.24, 2.45) is 4.99 Å². The number of halogens is 1. The van der Waals surface area contributed by atoms with Crippen molar-refractivity contribution < 1.29 is 14.3 Å². The molecule has 0 radical (unpaired) electrons. The minimum atomic E-state index is -0.316. The fourth-order valence-electron chi connectivity index (χ4n) is 3.37. The van der Waals surface area contributed by atoms with Crippen molar-refractivity contribution in [3.05, 3.63) is 65.2 Å². The number of hydrogen-bond acceptors (Lipinski definition) is 4. The van der Waals surface area contributed by atoms with E-state index in [4.69, 9.17) is 0 Å². The zero-order valence-corrected chi connectivity index (χ0v) is 14.2. The Hall–Kier alpha value is -3.22. The predicted octanol–water partition coefficient (Wildman–Crippen LogP) is 2.07. The van der Waals surface area contributed by atoms with E-state index in [9.17, 15) is 14.3 Å². The number of pyridine rings is 2. The van der Waals surface area contributed by atoms with Gasteiger partial charge in [0.15, 0.2) is 11.4 Å². The number of amides is 1. The summed E-state index contributed by atoms with van der Waals surface area (Å²) in [7, 11) is 1.65. The molecule has 6 nitrogen and oxygen atoms in total. The standard InChI is InChI=1S/C19H17FN4O2/c1-21-18-14-3-2-8-22-15(14)17(25)16-19(26)23(9-10-24(16)18)11-12-4-6-13(20)7-5-12/h2-8,25H,9-11H2,1H3/b21-18+. The minimum absolute atomic E-state index is 0.137. The summed E-state index contributed by atoms with van der Waals surface area (Å²) in [5, 5.41) is 11.4. The average molecular weight is 352 g/mol. The normalized spacial score (nSPS) is 14.8. The highest BCUT2D eigenvalue weighted by Gasteiger charge is 2.30. The highest BCUT2D eigenvalue weighted by atomic mass is 19.1. The Morgan fingerprint density at radius 2 is 2.00 bits per heavy atom. The fourth-order valence-corrected chi connectivity index (χ4v) is 3.37. The van der Waals surface area contributed by atoms with Crippen molar-refractivity contribution in [1.29, 1.82) is 0 Å². The highest BCUT2D eigenvalue weighted by Crippen LogP contribution is 2.28. The molecule has 0 bridgehead atoms. The Morgan fingerprint density at radius 3 is 2.73 bits per heavy atom. The third-order valence-corrected chi connectivity index (χ3v) is 4.60. The van der Waals surface area contributed by atoms with Gasteiger partial charge in [0, 0.05) is 38.3 Å². The van der Waals surface area contributed by atoms with Crippen molar-refractivity contribution >= 4 is 16.8 Å². The molecule has 0 atom stereocenters. The molecule has 132 valence electrons. The number of hydrogen-bond donors (Lipinski definition) is 1. The lowest BCUT2D eigenvalue weighted by Gasteiger charge is -2.31. The van der Waals surface area contributed by atoms with Crippen LogP contribution >= 0.6 is 0 Å². The van der Waals surface area contributed by atoms with Gasteiger partial charge in [0.05, 0.1) is 0 Å². The summed E-state index contributed by atoms with van der Waals surface area (Å²) in [6.07, 6.45) is 1.57. The lowest BCUT2D eigenvalue weighted by molar-refractivity contribution is 0.0682. The number of carbonyl (C=O) groups excluding carboxylic acids is 1. The lowest BCUT2D eigenvalue weighted by Crippen LogP contribution is -2.44. The van der Waals surface area contributed by atoms with E-state index in [1.54, 1.807) is 40.9 Å². The first-order valence-electron chi connectivity index (χ1n) is 8.27. The molecule has 0 fully saturated rings. The van der Waals surface area contributed by atoms with E-state index < -0.39 is 0 Å². The number of aromatic nitrogens is 2. The fraction of sp³-hybridized carbons (Fsp3) is 0.211. The zero-order valence-electron chi connectivity index (χ0n) is 14.2. The molecular weight excluding hydrogens is 335 g/mol. The van der Waals surface area contributed by atoms with Crippen LogP contribution in [0.15, 0.2) is 47.6 Å². The van der Waals surface area contributed by atoms with E-state index >= 15 is 0 Å². The molecule has 4 rings (SSSR count). The molecule has 0 saturated carbocycles. The van der Waals surface area contributed by atoms with Crippen molar-refractivity contribution in [3.8, 4) is 5.75 Å². The maximum atomic E-state index is 13.1. The number of nitrogens with zero attached hydrogens (tertiary/aromatic N) is 4. The number of fused-ring (bicyclic) bond motifs is 2. The molecule has 1 N–H and O–H groups in total. The third kappa shape index (κ3) is 2.52. The van der Waals surface area contributed by atoms with E-state index in [1.807, 2.05) is 6.07 Å². The number of rotatable bonds is 2. The summed E-state index contributed by atoms with van der Waals surface area (Å²) in [6, 6.07) is 9.65. The van der Waals surface area contributed by atoms with E-state index in [2.05, 4.69) is 9.98 Å². The first-order valence-corrected chi connectivity index (χ1v) is 8.27. The third-order valence-electron chi connectivity index (χ3n) is 4.60. The maximum Gasteiger partial charge on any atom is 0.274 e. The van der Waals surface area contributed by atoms with Gasteiger partial charge in [-0.25, -0.2) is 4.39 Å². The first kappa shape index (κ1) is 16.3. The molecule has 0 unspecified atom stereocenters. The Labute approximate surface area is 148 Å². The predicted molar refractivity (Wildman–Crippen MR) is 94.0 cm³/mol. The van der Waals surface area contributed by atoms with Gasteiger partial charge in [-0.05, 0) is 29.8 Å². The summed E-state index contributed by atoms with van der Waals surface area (Å²) < 4.78 is 14.8. The summed E-state index contributed by atoms with van der Waals surface area (Å²) in [5.74, 6) is -0.749. The highest BCUT2D eigenvalue weighted by molar-refractivity contribution is 6.01. The monoisotopic (exact) mass is 352 g/mol. The summed E-state index contributed by atoms with van der Waals surface area (Å²) in [5.41, 5.74) is 1.99. The van der Waals surface area contributed by atoms with Gasteiger partial charge in [0.1, 0.15) is 16.8 Å². The number of carbonyl (C=O) groups is 1. The molecule has 3 heterocycles. The van der Waals surface area contributed by atoms with Crippen molar-refractivity contribution in [3.63, 3.8) is 0 Å². The molecule has 2 aromatic heterocycles. The molecule has 3 aromatic rings. The van der Waals surface area contributed by atoms with Gasteiger partial charge >= 0.3 is 0 Å². The van der Waals surface area contributed by atoms with Gasteiger partial charge in [0.25, 0.3) is 5.91 Å². The van der Waals surface area contributed by atoms with Crippen LogP contribution in [-0.2, 0) is 13.1 Å². The first-order chi connectivity index (χ1) is 12.6. The second-order valence-corrected chi connectivity index (χ2v) is 6.15. The van der Waals surface area contributed by atoms with Crippen molar-refractivity contribution in [2.45, 2.75) is 13.1 Å². The minimum Gasteiger partial charge on any atom is -0.504 e. The van der Waals surface area contributed by atoms with Crippen LogP contribution in [0.25, 0.3) is 10.9 Å². The van der Waals surface area contributed by atoms with Crippen LogP contribution in [0.3, 0.4) is 0 Å². The van der Waals surface area contributed by atoms with E-state index in [0.29, 0.717) is 36.0 Å². The summed E-state index contributed by atoms with van der Waals surface area (Å²) in [4.78, 5) is 23.2. The molecule has 1 amide bonds. The lowest BCUT2D eigenvalue weighted by atomic mass is 10.1. The summed E-state index contributed by atoms with van der Waals surface area (Å²) in [6.45, 7) is 1.33. The van der Waals surface area contributed by atoms with Crippen LogP contribution in [-0.4, -0.2) is 39.1 Å². The molecule has 1 aliphatic heterocycles. The molecule has 1 aliphatic rings. The van der Waals surface area contributed by atoms with Crippen molar-refractivity contribution in [2.75, 3.05) is 13.6 Å². The second kappa shape index (κ2) is 6.25. The molecule has 0 aliphatic carbocycles. The second-order valence-electron chi connectivity index (χ2n) is 6.15. The topological polar surface area (TPSA) is 70.7 Å². The van der Waals surface area contributed by atoms with Gasteiger partial charge in [-0.2, -0.15) is 0 Å². The van der Waals surface area contributed by atoms with Crippen LogP contribution in [0.1, 0.15) is 16.1 Å². The SMILES string of the molecule is C/N=c1\c2cccnc2c(O)c2n1CCN(Cc1ccc(F)cc1)C2=O. The number of benzene rings is 1. The molecule has 0 spiro atoms.